The molecule has 1 aromatic heterocycles. The van der Waals surface area contributed by atoms with E-state index in [-0.39, 0.29) is 10.8 Å². The second-order valence-electron chi connectivity index (χ2n) is 5.84. The van der Waals surface area contributed by atoms with E-state index in [2.05, 4.69) is 10.3 Å². The third-order valence-electron chi connectivity index (χ3n) is 4.05. The molecule has 0 aliphatic carbocycles. The lowest BCUT2D eigenvalue weighted by Crippen LogP contribution is -2.27. The van der Waals surface area contributed by atoms with Gasteiger partial charge in [-0.25, -0.2) is 8.42 Å². The molecule has 2 aromatic carbocycles. The van der Waals surface area contributed by atoms with E-state index in [4.69, 9.17) is 0 Å². The van der Waals surface area contributed by atoms with E-state index in [9.17, 15) is 13.2 Å². The summed E-state index contributed by atoms with van der Waals surface area (Å²) in [4.78, 5) is 16.6. The van der Waals surface area contributed by atoms with Crippen LogP contribution in [0.15, 0.2) is 83.9 Å². The summed E-state index contributed by atoms with van der Waals surface area (Å²) < 4.78 is 26.5. The maximum atomic E-state index is 12.7. The van der Waals surface area contributed by atoms with Gasteiger partial charge in [-0.05, 0) is 48.5 Å². The molecule has 0 fully saturated rings. The van der Waals surface area contributed by atoms with Gasteiger partial charge in [-0.2, -0.15) is 0 Å². The van der Waals surface area contributed by atoms with Crippen LogP contribution in [0.5, 0.6) is 0 Å². The number of hydrogen-bond donors (Lipinski definition) is 1. The highest BCUT2D eigenvalue weighted by Crippen LogP contribution is 2.22. The first-order chi connectivity index (χ1) is 13.0. The van der Waals surface area contributed by atoms with Crippen molar-refractivity contribution in [3.8, 4) is 0 Å². The SMILES string of the molecule is CN(c1ccc(C(=O)NCc2ccccn2)cc1)S(=O)(=O)c1ccccc1. The van der Waals surface area contributed by atoms with E-state index in [1.807, 2.05) is 18.2 Å². The van der Waals surface area contributed by atoms with Crippen molar-refractivity contribution in [3.63, 3.8) is 0 Å². The standard InChI is InChI=1S/C20H19N3O3S/c1-23(27(25,26)19-8-3-2-4-9-19)18-12-10-16(11-13-18)20(24)22-15-17-7-5-6-14-21-17/h2-14H,15H2,1H3,(H,22,24). The van der Waals surface area contributed by atoms with E-state index in [0.29, 0.717) is 17.8 Å². The van der Waals surface area contributed by atoms with E-state index < -0.39 is 10.0 Å². The summed E-state index contributed by atoms with van der Waals surface area (Å²) in [7, 11) is -2.16. The van der Waals surface area contributed by atoms with Crippen LogP contribution in [0.2, 0.25) is 0 Å². The van der Waals surface area contributed by atoms with Crippen LogP contribution in [0.25, 0.3) is 0 Å². The molecule has 0 saturated carbocycles. The van der Waals surface area contributed by atoms with Crippen LogP contribution < -0.4 is 9.62 Å². The summed E-state index contributed by atoms with van der Waals surface area (Å²) in [6.45, 7) is 0.323. The summed E-state index contributed by atoms with van der Waals surface area (Å²) >= 11 is 0. The molecule has 27 heavy (non-hydrogen) atoms. The average Bonchev–Trinajstić information content (AvgIpc) is 2.73. The maximum Gasteiger partial charge on any atom is 0.264 e. The zero-order valence-corrected chi connectivity index (χ0v) is 15.6. The van der Waals surface area contributed by atoms with Crippen LogP contribution in [-0.2, 0) is 16.6 Å². The lowest BCUT2D eigenvalue weighted by atomic mass is 10.2. The van der Waals surface area contributed by atoms with Gasteiger partial charge in [0.25, 0.3) is 15.9 Å². The monoisotopic (exact) mass is 381 g/mol. The van der Waals surface area contributed by atoms with Crippen molar-refractivity contribution >= 4 is 21.6 Å². The Bertz CT molecular complexity index is 1010. The van der Waals surface area contributed by atoms with Crippen molar-refractivity contribution in [2.45, 2.75) is 11.4 Å². The molecule has 0 atom stereocenters. The van der Waals surface area contributed by atoms with Crippen molar-refractivity contribution in [3.05, 3.63) is 90.3 Å². The number of sulfonamides is 1. The first kappa shape index (κ1) is 18.6. The number of carbonyl (C=O) groups excluding carboxylic acids is 1. The Morgan fingerprint density at radius 1 is 0.963 bits per heavy atom. The van der Waals surface area contributed by atoms with Crippen molar-refractivity contribution in [1.82, 2.24) is 10.3 Å². The van der Waals surface area contributed by atoms with Crippen molar-refractivity contribution in [1.29, 1.82) is 0 Å². The molecule has 1 heterocycles. The first-order valence-electron chi connectivity index (χ1n) is 8.30. The molecule has 0 radical (unpaired) electrons. The highest BCUT2D eigenvalue weighted by atomic mass is 32.2. The number of anilines is 1. The zero-order chi connectivity index (χ0) is 19.3. The summed E-state index contributed by atoms with van der Waals surface area (Å²) in [6, 6.07) is 20.1. The molecule has 0 aliphatic rings. The molecule has 1 amide bonds. The van der Waals surface area contributed by atoms with Crippen molar-refractivity contribution in [2.75, 3.05) is 11.4 Å². The normalized spacial score (nSPS) is 11.0. The van der Waals surface area contributed by atoms with Crippen LogP contribution in [0.4, 0.5) is 5.69 Å². The molecule has 1 N–H and O–H groups in total. The first-order valence-corrected chi connectivity index (χ1v) is 9.74. The van der Waals surface area contributed by atoms with Gasteiger partial charge in [0.1, 0.15) is 0 Å². The summed E-state index contributed by atoms with van der Waals surface area (Å²) in [6.07, 6.45) is 1.67. The number of benzene rings is 2. The van der Waals surface area contributed by atoms with E-state index >= 15 is 0 Å². The van der Waals surface area contributed by atoms with E-state index in [1.54, 1.807) is 60.8 Å². The fraction of sp³-hybridized carbons (Fsp3) is 0.100. The Hall–Kier alpha value is -3.19. The Morgan fingerprint density at radius 2 is 1.63 bits per heavy atom. The molecular weight excluding hydrogens is 362 g/mol. The van der Waals surface area contributed by atoms with Crippen LogP contribution in [0.3, 0.4) is 0 Å². The molecule has 3 rings (SSSR count). The third kappa shape index (κ3) is 4.32. The lowest BCUT2D eigenvalue weighted by Gasteiger charge is -2.19. The van der Waals surface area contributed by atoms with Gasteiger partial charge in [-0.3, -0.25) is 14.1 Å². The average molecular weight is 381 g/mol. The Labute approximate surface area is 158 Å². The van der Waals surface area contributed by atoms with Gasteiger partial charge in [0.2, 0.25) is 0 Å². The molecular formula is C20H19N3O3S. The summed E-state index contributed by atoms with van der Waals surface area (Å²) in [5.41, 5.74) is 1.68. The largest absolute Gasteiger partial charge is 0.346 e. The van der Waals surface area contributed by atoms with Gasteiger partial charge >= 0.3 is 0 Å². The number of nitrogens with zero attached hydrogens (tertiary/aromatic N) is 2. The second kappa shape index (κ2) is 8.01. The fourth-order valence-electron chi connectivity index (χ4n) is 2.49. The van der Waals surface area contributed by atoms with Gasteiger partial charge in [-0.15, -0.1) is 0 Å². The zero-order valence-electron chi connectivity index (χ0n) is 14.7. The number of carbonyl (C=O) groups is 1. The molecule has 0 unspecified atom stereocenters. The number of hydrogen-bond acceptors (Lipinski definition) is 4. The van der Waals surface area contributed by atoms with Gasteiger partial charge in [0.05, 0.1) is 22.8 Å². The molecule has 6 nitrogen and oxygen atoms in total. The maximum absolute atomic E-state index is 12.7. The van der Waals surface area contributed by atoms with Gasteiger partial charge in [0.15, 0.2) is 0 Å². The van der Waals surface area contributed by atoms with Crippen molar-refractivity contribution < 1.29 is 13.2 Å². The number of aromatic nitrogens is 1. The predicted octanol–water partition coefficient (Wildman–Crippen LogP) is 2.84. The summed E-state index contributed by atoms with van der Waals surface area (Å²) in [5.74, 6) is -0.249. The highest BCUT2D eigenvalue weighted by Gasteiger charge is 2.21. The number of rotatable bonds is 6. The van der Waals surface area contributed by atoms with E-state index in [1.165, 1.54) is 11.4 Å². The van der Waals surface area contributed by atoms with Gasteiger partial charge in [-0.1, -0.05) is 24.3 Å². The number of pyridine rings is 1. The number of nitrogens with one attached hydrogen (secondary N) is 1. The van der Waals surface area contributed by atoms with E-state index in [0.717, 1.165) is 5.69 Å². The molecule has 3 aromatic rings. The predicted molar refractivity (Wildman–Crippen MR) is 104 cm³/mol. The molecule has 7 heteroatoms. The molecule has 0 spiro atoms. The topological polar surface area (TPSA) is 79.4 Å². The molecule has 0 aliphatic heterocycles. The second-order valence-corrected chi connectivity index (χ2v) is 7.81. The minimum Gasteiger partial charge on any atom is -0.346 e. The Balaban J connectivity index is 1.70. The third-order valence-corrected chi connectivity index (χ3v) is 5.85. The molecule has 0 saturated heterocycles. The van der Waals surface area contributed by atoms with Gasteiger partial charge < -0.3 is 5.32 Å². The quantitative estimate of drug-likeness (QED) is 0.712. The fourth-order valence-corrected chi connectivity index (χ4v) is 3.70. The molecule has 0 bridgehead atoms. The van der Waals surface area contributed by atoms with Gasteiger partial charge in [0, 0.05) is 18.8 Å². The summed E-state index contributed by atoms with van der Waals surface area (Å²) in [5, 5.41) is 2.79. The Kier molecular flexibility index (Phi) is 5.52. The highest BCUT2D eigenvalue weighted by molar-refractivity contribution is 7.92. The van der Waals surface area contributed by atoms with Crippen LogP contribution in [-0.4, -0.2) is 26.4 Å². The van der Waals surface area contributed by atoms with Crippen LogP contribution in [0, 0.1) is 0 Å². The van der Waals surface area contributed by atoms with Crippen molar-refractivity contribution in [2.24, 2.45) is 0 Å². The van der Waals surface area contributed by atoms with Crippen LogP contribution >= 0.6 is 0 Å². The smallest absolute Gasteiger partial charge is 0.264 e. The minimum absolute atomic E-state index is 0.213. The Morgan fingerprint density at radius 3 is 2.26 bits per heavy atom. The molecule has 138 valence electrons. The number of amides is 1. The minimum atomic E-state index is -3.65. The van der Waals surface area contributed by atoms with Crippen LogP contribution in [0.1, 0.15) is 16.1 Å². The lowest BCUT2D eigenvalue weighted by molar-refractivity contribution is 0.0950.